The van der Waals surface area contributed by atoms with Gasteiger partial charge in [0, 0.05) is 36.4 Å². The van der Waals surface area contributed by atoms with Crippen molar-refractivity contribution in [3.63, 3.8) is 0 Å². The van der Waals surface area contributed by atoms with Crippen LogP contribution in [-0.2, 0) is 46.3 Å². The third-order valence-corrected chi connectivity index (χ3v) is 7.70. The minimum atomic E-state index is 0. The van der Waals surface area contributed by atoms with E-state index in [1.54, 1.807) is 0 Å². The van der Waals surface area contributed by atoms with E-state index >= 15 is 0 Å². The first-order chi connectivity index (χ1) is 19.7. The van der Waals surface area contributed by atoms with Gasteiger partial charge in [-0.05, 0) is 11.1 Å². The molecular formula is C34H22N4PtS2+2. The summed E-state index contributed by atoms with van der Waals surface area (Å²) < 4.78 is 4.34. The van der Waals surface area contributed by atoms with Crippen LogP contribution in [0.5, 0.6) is 0 Å². The Bertz CT molecular complexity index is 1890. The van der Waals surface area contributed by atoms with E-state index in [1.807, 2.05) is 84.9 Å². The Labute approximate surface area is 263 Å². The van der Waals surface area contributed by atoms with Crippen molar-refractivity contribution >= 4 is 47.3 Å². The molecule has 41 heavy (non-hydrogen) atoms. The summed E-state index contributed by atoms with van der Waals surface area (Å²) in [6.45, 7) is 0. The van der Waals surface area contributed by atoms with Gasteiger partial charge in [-0.25, -0.2) is 9.97 Å². The average molecular weight is 746 g/mol. The fourth-order valence-corrected chi connectivity index (χ4v) is 5.57. The number of aromatic nitrogens is 4. The quantitative estimate of drug-likeness (QED) is 0.118. The van der Waals surface area contributed by atoms with Crippen molar-refractivity contribution in [2.24, 2.45) is 0 Å². The third kappa shape index (κ3) is 5.00. The van der Waals surface area contributed by atoms with Crippen molar-refractivity contribution in [1.29, 1.82) is 0 Å². The molecule has 0 radical (unpaired) electrons. The van der Waals surface area contributed by atoms with Crippen LogP contribution in [0.4, 0.5) is 0 Å². The van der Waals surface area contributed by atoms with Gasteiger partial charge in [-0.1, -0.05) is 84.9 Å². The summed E-state index contributed by atoms with van der Waals surface area (Å²) in [6, 6.07) is 40.6. The molecule has 0 fully saturated rings. The molecule has 7 aromatic rings. The van der Waals surface area contributed by atoms with Gasteiger partial charge >= 0.3 is 21.1 Å². The largest absolute Gasteiger partial charge is 2.00 e. The van der Waals surface area contributed by atoms with Crippen LogP contribution in [0.1, 0.15) is 0 Å². The molecule has 0 saturated heterocycles. The standard InChI is InChI=1S/C34H22N4S2.Pt/c39-31-17-9-7-15-25(31)27-21-37(23-11-3-1-4-12-23)29-19-20-30-34(33(29)35-27)36-28(26-16-8-10-18-32(26)40)22-38(30)24-13-5-2-6-14-24;/h1-22H;/q;+2. The molecule has 7 rings (SSSR count). The number of rotatable bonds is 4. The summed E-state index contributed by atoms with van der Waals surface area (Å²) in [7, 11) is 0. The summed E-state index contributed by atoms with van der Waals surface area (Å²) >= 11 is 11.4. The van der Waals surface area contributed by atoms with Gasteiger partial charge in [0.1, 0.15) is 11.4 Å². The van der Waals surface area contributed by atoms with Crippen molar-refractivity contribution < 1.29 is 30.2 Å². The van der Waals surface area contributed by atoms with Crippen molar-refractivity contribution in [2.75, 3.05) is 0 Å². The zero-order valence-electron chi connectivity index (χ0n) is 21.6. The zero-order valence-corrected chi connectivity index (χ0v) is 25.5. The molecule has 2 heterocycles. The molecule has 198 valence electrons. The molecule has 0 atom stereocenters. The van der Waals surface area contributed by atoms with Gasteiger partial charge in [-0.15, -0.1) is 0 Å². The minimum absolute atomic E-state index is 0. The zero-order chi connectivity index (χ0) is 27.1. The van der Waals surface area contributed by atoms with Gasteiger partial charge in [0.25, 0.3) is 0 Å². The van der Waals surface area contributed by atoms with Crippen molar-refractivity contribution in [1.82, 2.24) is 9.97 Å². The molecule has 0 spiro atoms. The summed E-state index contributed by atoms with van der Waals surface area (Å²) in [6.07, 6.45) is 4.12. The molecule has 0 aliphatic heterocycles. The van der Waals surface area contributed by atoms with Crippen LogP contribution >= 0.6 is 0 Å². The molecule has 0 unspecified atom stereocenters. The summed E-state index contributed by atoms with van der Waals surface area (Å²) in [5.74, 6) is 0. The van der Waals surface area contributed by atoms with E-state index in [-0.39, 0.29) is 21.1 Å². The van der Waals surface area contributed by atoms with Gasteiger partial charge in [-0.2, -0.15) is 18.9 Å². The third-order valence-electron chi connectivity index (χ3n) is 6.99. The number of benzene rings is 5. The molecule has 2 aromatic heterocycles. The Morgan fingerprint density at radius 2 is 0.805 bits per heavy atom. The number of nitrogens with zero attached hydrogens (tertiary/aromatic N) is 4. The van der Waals surface area contributed by atoms with Crippen molar-refractivity contribution in [3.8, 4) is 33.9 Å². The Morgan fingerprint density at radius 1 is 0.439 bits per heavy atom. The SMILES string of the molecule is [Pt+2].[S-]c1ccccc1-c1c[n+](-c2ccccc2)c2ccc3c(nc(-c4ccccc4[S-])c[n+]3-c3ccccc3)c2n1. The van der Waals surface area contributed by atoms with Crippen LogP contribution in [-0.4, -0.2) is 9.97 Å². The molecule has 7 heteroatoms. The average Bonchev–Trinajstić information content (AvgIpc) is 3.01. The van der Waals surface area contributed by atoms with E-state index in [0.717, 1.165) is 65.7 Å². The molecule has 0 aliphatic rings. The second kappa shape index (κ2) is 11.4. The Balaban J connectivity index is 0.00000302. The predicted octanol–water partition coefficient (Wildman–Crippen LogP) is 6.48. The molecule has 5 aromatic carbocycles. The Morgan fingerprint density at radius 3 is 1.20 bits per heavy atom. The van der Waals surface area contributed by atoms with Crippen LogP contribution in [0.2, 0.25) is 0 Å². The van der Waals surface area contributed by atoms with E-state index in [1.165, 1.54) is 0 Å². The maximum absolute atomic E-state index is 5.72. The van der Waals surface area contributed by atoms with Crippen LogP contribution in [0.25, 0.3) is 56.0 Å². The fraction of sp³-hybridized carbons (Fsp3) is 0. The van der Waals surface area contributed by atoms with E-state index in [9.17, 15) is 0 Å². The summed E-state index contributed by atoms with van der Waals surface area (Å²) in [5.41, 5.74) is 8.90. The Kier molecular flexibility index (Phi) is 7.55. The van der Waals surface area contributed by atoms with Gasteiger partial charge in [0.05, 0.1) is 0 Å². The van der Waals surface area contributed by atoms with Crippen LogP contribution < -0.4 is 9.13 Å². The molecule has 4 nitrogen and oxygen atoms in total. The second-order valence-electron chi connectivity index (χ2n) is 9.46. The van der Waals surface area contributed by atoms with Gasteiger partial charge in [0.15, 0.2) is 11.0 Å². The molecule has 0 aliphatic carbocycles. The first kappa shape index (κ1) is 27.1. The number of para-hydroxylation sites is 2. The van der Waals surface area contributed by atoms with E-state index in [2.05, 4.69) is 57.9 Å². The predicted molar refractivity (Wildman–Crippen MR) is 162 cm³/mol. The van der Waals surface area contributed by atoms with Gasteiger partial charge < -0.3 is 25.3 Å². The topological polar surface area (TPSA) is 33.5 Å². The second-order valence-corrected chi connectivity index (χ2v) is 10.3. The summed E-state index contributed by atoms with van der Waals surface area (Å²) in [5, 5.41) is 0. The molecule has 0 saturated carbocycles. The number of hydrogen-bond acceptors (Lipinski definition) is 4. The maximum Gasteiger partial charge on any atom is 2.00 e. The smallest absolute Gasteiger partial charge is 0.779 e. The normalized spacial score (nSPS) is 10.9. The van der Waals surface area contributed by atoms with E-state index < -0.39 is 0 Å². The maximum atomic E-state index is 5.72. The van der Waals surface area contributed by atoms with E-state index in [4.69, 9.17) is 35.2 Å². The Hall–Kier alpha value is -4.09. The first-order valence-corrected chi connectivity index (χ1v) is 13.7. The van der Waals surface area contributed by atoms with Crippen LogP contribution in [0.15, 0.2) is 144 Å². The van der Waals surface area contributed by atoms with Gasteiger partial charge in [-0.3, -0.25) is 0 Å². The minimum Gasteiger partial charge on any atom is -0.779 e. The molecule has 0 N–H and O–H groups in total. The van der Waals surface area contributed by atoms with Crippen LogP contribution in [0, 0.1) is 0 Å². The molecular weight excluding hydrogens is 724 g/mol. The van der Waals surface area contributed by atoms with E-state index in [0.29, 0.717) is 0 Å². The fourth-order valence-electron chi connectivity index (χ4n) is 5.07. The summed E-state index contributed by atoms with van der Waals surface area (Å²) in [4.78, 5) is 12.0. The van der Waals surface area contributed by atoms with Gasteiger partial charge in [0.2, 0.25) is 34.8 Å². The molecule has 0 amide bonds. The number of fused-ring (bicyclic) bond motifs is 3. The monoisotopic (exact) mass is 745 g/mol. The van der Waals surface area contributed by atoms with Crippen LogP contribution in [0.3, 0.4) is 0 Å². The van der Waals surface area contributed by atoms with Crippen molar-refractivity contribution in [3.05, 3.63) is 134 Å². The molecule has 0 bridgehead atoms. The first-order valence-electron chi connectivity index (χ1n) is 12.9. The van der Waals surface area contributed by atoms with Crippen molar-refractivity contribution in [2.45, 2.75) is 9.79 Å². The number of hydrogen-bond donors (Lipinski definition) is 0.